The highest BCUT2D eigenvalue weighted by Crippen LogP contribution is 2.16. The molecule has 0 heterocycles. The second-order valence-electron chi connectivity index (χ2n) is 5.06. The van der Waals surface area contributed by atoms with E-state index in [0.29, 0.717) is 26.1 Å². The summed E-state index contributed by atoms with van der Waals surface area (Å²) in [7, 11) is 1.66. The van der Waals surface area contributed by atoms with Gasteiger partial charge in [0.15, 0.2) is 0 Å². The quantitative estimate of drug-likeness (QED) is 0.651. The average Bonchev–Trinajstić information content (AvgIpc) is 2.45. The smallest absolute Gasteiger partial charge is 0.221 e. The molecule has 0 aromatic heterocycles. The lowest BCUT2D eigenvalue weighted by Gasteiger charge is -2.11. The SMILES string of the molecule is COCCCNC(=O)CCNc1ccc(OC(C)C)cc1. The van der Waals surface area contributed by atoms with E-state index in [4.69, 9.17) is 9.47 Å². The summed E-state index contributed by atoms with van der Waals surface area (Å²) in [5.41, 5.74) is 0.985. The third-order valence-electron chi connectivity index (χ3n) is 2.75. The minimum absolute atomic E-state index is 0.0540. The first kappa shape index (κ1) is 17.3. The zero-order valence-electron chi connectivity index (χ0n) is 13.1. The van der Waals surface area contributed by atoms with E-state index in [1.54, 1.807) is 7.11 Å². The van der Waals surface area contributed by atoms with Crippen LogP contribution in [0.15, 0.2) is 24.3 Å². The molecule has 0 fully saturated rings. The van der Waals surface area contributed by atoms with Crippen molar-refractivity contribution in [1.29, 1.82) is 0 Å². The lowest BCUT2D eigenvalue weighted by molar-refractivity contribution is -0.120. The summed E-state index contributed by atoms with van der Waals surface area (Å²) in [6.45, 7) is 5.94. The van der Waals surface area contributed by atoms with E-state index in [1.165, 1.54) is 0 Å². The molecule has 0 saturated carbocycles. The molecule has 0 bridgehead atoms. The molecule has 0 aliphatic rings. The number of hydrogen-bond donors (Lipinski definition) is 2. The Balaban J connectivity index is 2.18. The van der Waals surface area contributed by atoms with Crippen LogP contribution in [0, 0.1) is 0 Å². The molecule has 1 aromatic carbocycles. The molecule has 0 spiro atoms. The Bertz CT molecular complexity index is 404. The van der Waals surface area contributed by atoms with Crippen LogP contribution in [0.4, 0.5) is 5.69 Å². The molecule has 5 nitrogen and oxygen atoms in total. The van der Waals surface area contributed by atoms with Crippen molar-refractivity contribution in [3.05, 3.63) is 24.3 Å². The van der Waals surface area contributed by atoms with Gasteiger partial charge in [-0.1, -0.05) is 0 Å². The van der Waals surface area contributed by atoms with Crippen molar-refractivity contribution in [3.8, 4) is 5.75 Å². The molecule has 1 rings (SSSR count). The van der Waals surface area contributed by atoms with E-state index in [1.807, 2.05) is 38.1 Å². The highest BCUT2D eigenvalue weighted by molar-refractivity contribution is 5.76. The summed E-state index contributed by atoms with van der Waals surface area (Å²) < 4.78 is 10.5. The summed E-state index contributed by atoms with van der Waals surface area (Å²) >= 11 is 0. The highest BCUT2D eigenvalue weighted by atomic mass is 16.5. The minimum atomic E-state index is 0.0540. The number of ether oxygens (including phenoxy) is 2. The number of amides is 1. The molecule has 0 aliphatic heterocycles. The fourth-order valence-electron chi connectivity index (χ4n) is 1.78. The lowest BCUT2D eigenvalue weighted by atomic mass is 10.3. The van der Waals surface area contributed by atoms with Gasteiger partial charge in [0.05, 0.1) is 6.10 Å². The first-order valence-corrected chi connectivity index (χ1v) is 7.38. The van der Waals surface area contributed by atoms with Crippen LogP contribution in [0.5, 0.6) is 5.75 Å². The van der Waals surface area contributed by atoms with E-state index >= 15 is 0 Å². The fraction of sp³-hybridized carbons (Fsp3) is 0.562. The Labute approximate surface area is 127 Å². The predicted molar refractivity (Wildman–Crippen MR) is 84.8 cm³/mol. The summed E-state index contributed by atoms with van der Waals surface area (Å²) in [6.07, 6.45) is 1.47. The molecule has 0 saturated heterocycles. The summed E-state index contributed by atoms with van der Waals surface area (Å²) in [5.74, 6) is 0.907. The zero-order valence-corrected chi connectivity index (χ0v) is 13.1. The largest absolute Gasteiger partial charge is 0.491 e. The van der Waals surface area contributed by atoms with E-state index in [0.717, 1.165) is 17.9 Å². The van der Waals surface area contributed by atoms with Crippen molar-refractivity contribution < 1.29 is 14.3 Å². The lowest BCUT2D eigenvalue weighted by Crippen LogP contribution is -2.26. The maximum atomic E-state index is 11.6. The predicted octanol–water partition coefficient (Wildman–Crippen LogP) is 2.43. The molecule has 1 aromatic rings. The third-order valence-corrected chi connectivity index (χ3v) is 2.75. The van der Waals surface area contributed by atoms with Crippen LogP contribution in [0.2, 0.25) is 0 Å². The average molecular weight is 294 g/mol. The molecule has 1 amide bonds. The fourth-order valence-corrected chi connectivity index (χ4v) is 1.78. The van der Waals surface area contributed by atoms with E-state index in [-0.39, 0.29) is 12.0 Å². The van der Waals surface area contributed by atoms with Crippen LogP contribution >= 0.6 is 0 Å². The number of carbonyl (C=O) groups is 1. The van der Waals surface area contributed by atoms with Crippen molar-refractivity contribution in [2.75, 3.05) is 32.1 Å². The first-order chi connectivity index (χ1) is 10.1. The van der Waals surface area contributed by atoms with Gasteiger partial charge < -0.3 is 20.1 Å². The van der Waals surface area contributed by atoms with Crippen molar-refractivity contribution >= 4 is 11.6 Å². The van der Waals surface area contributed by atoms with Crippen LogP contribution < -0.4 is 15.4 Å². The highest BCUT2D eigenvalue weighted by Gasteiger charge is 2.01. The van der Waals surface area contributed by atoms with E-state index in [9.17, 15) is 4.79 Å². The van der Waals surface area contributed by atoms with Gasteiger partial charge in [0, 0.05) is 38.9 Å². The number of carbonyl (C=O) groups excluding carboxylic acids is 1. The topological polar surface area (TPSA) is 59.6 Å². The monoisotopic (exact) mass is 294 g/mol. The Morgan fingerprint density at radius 3 is 2.52 bits per heavy atom. The second-order valence-corrected chi connectivity index (χ2v) is 5.06. The molecule has 0 aliphatic carbocycles. The van der Waals surface area contributed by atoms with Gasteiger partial charge in [-0.3, -0.25) is 4.79 Å². The van der Waals surface area contributed by atoms with E-state index in [2.05, 4.69) is 10.6 Å². The van der Waals surface area contributed by atoms with Gasteiger partial charge >= 0.3 is 0 Å². The number of rotatable bonds is 10. The van der Waals surface area contributed by atoms with Gasteiger partial charge in [-0.15, -0.1) is 0 Å². The minimum Gasteiger partial charge on any atom is -0.491 e. The molecule has 0 atom stereocenters. The molecular weight excluding hydrogens is 268 g/mol. The summed E-state index contributed by atoms with van der Waals surface area (Å²) in [4.78, 5) is 11.6. The number of methoxy groups -OCH3 is 1. The third kappa shape index (κ3) is 8.19. The standard InChI is InChI=1S/C16H26N2O3/c1-13(2)21-15-7-5-14(6-8-15)17-11-9-16(19)18-10-4-12-20-3/h5-8,13,17H,4,9-12H2,1-3H3,(H,18,19). The van der Waals surface area contributed by atoms with Crippen molar-refractivity contribution in [3.63, 3.8) is 0 Å². The number of benzene rings is 1. The number of nitrogens with one attached hydrogen (secondary N) is 2. The molecule has 118 valence electrons. The van der Waals surface area contributed by atoms with Gasteiger partial charge in [0.25, 0.3) is 0 Å². The Hall–Kier alpha value is -1.75. The maximum Gasteiger partial charge on any atom is 0.221 e. The van der Waals surface area contributed by atoms with Crippen LogP contribution in [0.1, 0.15) is 26.7 Å². The van der Waals surface area contributed by atoms with Crippen LogP contribution in [-0.4, -0.2) is 38.8 Å². The Kier molecular flexibility index (Phi) is 8.28. The van der Waals surface area contributed by atoms with Crippen LogP contribution in [0.3, 0.4) is 0 Å². The molecule has 0 unspecified atom stereocenters. The summed E-state index contributed by atoms with van der Waals surface area (Å²) in [6, 6.07) is 7.75. The zero-order chi connectivity index (χ0) is 15.5. The number of hydrogen-bond acceptors (Lipinski definition) is 4. The van der Waals surface area contributed by atoms with Crippen LogP contribution in [0.25, 0.3) is 0 Å². The van der Waals surface area contributed by atoms with E-state index < -0.39 is 0 Å². The molecule has 5 heteroatoms. The maximum absolute atomic E-state index is 11.6. The normalized spacial score (nSPS) is 10.5. The van der Waals surface area contributed by atoms with Gasteiger partial charge in [-0.25, -0.2) is 0 Å². The van der Waals surface area contributed by atoms with Gasteiger partial charge in [0.1, 0.15) is 5.75 Å². The van der Waals surface area contributed by atoms with Gasteiger partial charge in [-0.05, 0) is 44.5 Å². The first-order valence-electron chi connectivity index (χ1n) is 7.38. The molecular formula is C16H26N2O3. The van der Waals surface area contributed by atoms with Gasteiger partial charge in [0.2, 0.25) is 5.91 Å². The summed E-state index contributed by atoms with van der Waals surface area (Å²) in [5, 5.41) is 6.07. The second kappa shape index (κ2) is 10.0. The Morgan fingerprint density at radius 1 is 1.19 bits per heavy atom. The Morgan fingerprint density at radius 2 is 1.90 bits per heavy atom. The van der Waals surface area contributed by atoms with Crippen molar-refractivity contribution in [2.45, 2.75) is 32.8 Å². The molecule has 2 N–H and O–H groups in total. The van der Waals surface area contributed by atoms with Crippen molar-refractivity contribution in [1.82, 2.24) is 5.32 Å². The van der Waals surface area contributed by atoms with Crippen LogP contribution in [-0.2, 0) is 9.53 Å². The number of anilines is 1. The van der Waals surface area contributed by atoms with Gasteiger partial charge in [-0.2, -0.15) is 0 Å². The molecule has 0 radical (unpaired) electrons. The molecule has 21 heavy (non-hydrogen) atoms. The van der Waals surface area contributed by atoms with Crippen molar-refractivity contribution in [2.24, 2.45) is 0 Å².